The van der Waals surface area contributed by atoms with Gasteiger partial charge in [-0.25, -0.2) is 9.18 Å². The average Bonchev–Trinajstić information content (AvgIpc) is 2.64. The number of aromatic nitrogens is 1. The zero-order valence-electron chi connectivity index (χ0n) is 8.70. The molecule has 0 radical (unpaired) electrons. The second kappa shape index (κ2) is 4.44. The summed E-state index contributed by atoms with van der Waals surface area (Å²) >= 11 is 2.01. The summed E-state index contributed by atoms with van der Waals surface area (Å²) in [4.78, 5) is 11.0. The molecule has 2 rings (SSSR count). The van der Waals surface area contributed by atoms with Crippen molar-refractivity contribution in [3.8, 4) is 11.3 Å². The molecule has 0 bridgehead atoms. The van der Waals surface area contributed by atoms with Crippen LogP contribution < -0.4 is 0 Å². The van der Waals surface area contributed by atoms with Gasteiger partial charge >= 0.3 is 5.97 Å². The lowest BCUT2D eigenvalue weighted by atomic mass is 10.1. The van der Waals surface area contributed by atoms with E-state index in [0.717, 1.165) is 3.57 Å². The van der Waals surface area contributed by atoms with Gasteiger partial charge in [-0.15, -0.1) is 0 Å². The Morgan fingerprint density at radius 1 is 1.53 bits per heavy atom. The van der Waals surface area contributed by atoms with Crippen molar-refractivity contribution in [2.24, 2.45) is 0 Å². The Kier molecular flexibility index (Phi) is 3.14. The first-order valence-corrected chi connectivity index (χ1v) is 5.73. The molecule has 0 aliphatic heterocycles. The molecule has 1 aromatic carbocycles. The number of hydrogen-bond donors (Lipinski definition) is 1. The molecule has 0 aliphatic carbocycles. The fourth-order valence-corrected chi connectivity index (χ4v) is 1.98. The summed E-state index contributed by atoms with van der Waals surface area (Å²) in [5.41, 5.74) is 0.0445. The largest absolute Gasteiger partial charge is 0.477 e. The number of hydrogen-bond acceptors (Lipinski definition) is 3. The van der Waals surface area contributed by atoms with Crippen molar-refractivity contribution in [1.82, 2.24) is 5.16 Å². The maximum absolute atomic E-state index is 13.6. The molecule has 17 heavy (non-hydrogen) atoms. The third-order valence-corrected chi connectivity index (χ3v) is 2.93. The second-order valence-electron chi connectivity index (χ2n) is 3.39. The summed E-state index contributed by atoms with van der Waals surface area (Å²) in [7, 11) is 0. The van der Waals surface area contributed by atoms with Crippen molar-refractivity contribution in [3.63, 3.8) is 0 Å². The van der Waals surface area contributed by atoms with Gasteiger partial charge < -0.3 is 9.63 Å². The van der Waals surface area contributed by atoms with Gasteiger partial charge in [0.05, 0.1) is 0 Å². The van der Waals surface area contributed by atoms with E-state index >= 15 is 0 Å². The van der Waals surface area contributed by atoms with Crippen LogP contribution in [0.1, 0.15) is 16.1 Å². The number of nitrogens with zero attached hydrogens (tertiary/aromatic N) is 1. The van der Waals surface area contributed by atoms with Crippen LogP contribution in [-0.4, -0.2) is 16.2 Å². The van der Waals surface area contributed by atoms with Gasteiger partial charge in [-0.2, -0.15) is 0 Å². The summed E-state index contributed by atoms with van der Waals surface area (Å²) in [5.74, 6) is -1.55. The van der Waals surface area contributed by atoms with E-state index in [1.165, 1.54) is 19.1 Å². The Balaban J connectivity index is 2.68. The summed E-state index contributed by atoms with van der Waals surface area (Å²) < 4.78 is 19.2. The normalized spacial score (nSPS) is 10.5. The first kappa shape index (κ1) is 12.0. The maximum Gasteiger partial charge on any atom is 0.341 e. The van der Waals surface area contributed by atoms with Crippen molar-refractivity contribution >= 4 is 28.6 Å². The average molecular weight is 347 g/mol. The zero-order chi connectivity index (χ0) is 12.6. The molecule has 0 saturated carbocycles. The highest BCUT2D eigenvalue weighted by Crippen LogP contribution is 2.28. The predicted octanol–water partition coefficient (Wildman–Crippen LogP) is 3.09. The van der Waals surface area contributed by atoms with Crippen LogP contribution in [0, 0.1) is 16.3 Å². The Morgan fingerprint density at radius 3 is 2.88 bits per heavy atom. The number of aryl methyl sites for hydroxylation is 1. The van der Waals surface area contributed by atoms with Crippen LogP contribution in [0.15, 0.2) is 22.7 Å². The number of aromatic carboxylic acids is 1. The van der Waals surface area contributed by atoms with E-state index < -0.39 is 11.8 Å². The van der Waals surface area contributed by atoms with Crippen LogP contribution >= 0.6 is 22.6 Å². The van der Waals surface area contributed by atoms with Gasteiger partial charge in [-0.1, -0.05) is 5.16 Å². The lowest BCUT2D eigenvalue weighted by molar-refractivity contribution is 0.0696. The molecule has 0 amide bonds. The molecule has 88 valence electrons. The topological polar surface area (TPSA) is 63.3 Å². The van der Waals surface area contributed by atoms with E-state index in [9.17, 15) is 9.18 Å². The van der Waals surface area contributed by atoms with Gasteiger partial charge in [-0.3, -0.25) is 0 Å². The van der Waals surface area contributed by atoms with Crippen molar-refractivity contribution in [3.05, 3.63) is 38.9 Å². The second-order valence-corrected chi connectivity index (χ2v) is 4.64. The van der Waals surface area contributed by atoms with Crippen molar-refractivity contribution < 1.29 is 18.8 Å². The molecule has 2 aromatic rings. The van der Waals surface area contributed by atoms with E-state index in [4.69, 9.17) is 9.63 Å². The summed E-state index contributed by atoms with van der Waals surface area (Å²) in [6.45, 7) is 1.48. The van der Waals surface area contributed by atoms with E-state index in [2.05, 4.69) is 5.16 Å². The van der Waals surface area contributed by atoms with E-state index in [1.807, 2.05) is 22.6 Å². The third-order valence-electron chi connectivity index (χ3n) is 2.26. The molecule has 0 aliphatic rings. The molecule has 4 nitrogen and oxygen atoms in total. The molecule has 0 spiro atoms. The lowest BCUT2D eigenvalue weighted by Gasteiger charge is -2.01. The van der Waals surface area contributed by atoms with Crippen LogP contribution in [0.3, 0.4) is 0 Å². The number of rotatable bonds is 2. The monoisotopic (exact) mass is 347 g/mol. The fourth-order valence-electron chi connectivity index (χ4n) is 1.49. The fraction of sp³-hybridized carbons (Fsp3) is 0.0909. The molecule has 0 fully saturated rings. The molecule has 1 heterocycles. The number of benzene rings is 1. The van der Waals surface area contributed by atoms with Crippen molar-refractivity contribution in [2.45, 2.75) is 6.92 Å². The number of carbonyl (C=O) groups is 1. The number of carboxylic acids is 1. The minimum absolute atomic E-state index is 0.0195. The Morgan fingerprint density at radius 2 is 2.24 bits per heavy atom. The highest BCUT2D eigenvalue weighted by Gasteiger charge is 2.23. The molecular weight excluding hydrogens is 340 g/mol. The van der Waals surface area contributed by atoms with Crippen molar-refractivity contribution in [2.75, 3.05) is 0 Å². The predicted molar refractivity (Wildman–Crippen MR) is 66.3 cm³/mol. The highest BCUT2D eigenvalue weighted by atomic mass is 127. The Hall–Kier alpha value is -1.44. The van der Waals surface area contributed by atoms with E-state index in [-0.39, 0.29) is 22.6 Å². The zero-order valence-corrected chi connectivity index (χ0v) is 10.9. The summed E-state index contributed by atoms with van der Waals surface area (Å²) in [6.07, 6.45) is 0. The molecule has 0 saturated heterocycles. The van der Waals surface area contributed by atoms with Crippen LogP contribution in [0.2, 0.25) is 0 Å². The quantitative estimate of drug-likeness (QED) is 0.848. The van der Waals surface area contributed by atoms with Gasteiger partial charge in [-0.05, 0) is 47.7 Å². The van der Waals surface area contributed by atoms with Crippen LogP contribution in [0.4, 0.5) is 4.39 Å². The maximum atomic E-state index is 13.6. The van der Waals surface area contributed by atoms with E-state index in [0.29, 0.717) is 0 Å². The molecule has 6 heteroatoms. The molecule has 0 atom stereocenters. The first-order valence-electron chi connectivity index (χ1n) is 4.65. The van der Waals surface area contributed by atoms with Gasteiger partial charge in [0.2, 0.25) is 0 Å². The molecule has 0 unspecified atom stereocenters. The smallest absolute Gasteiger partial charge is 0.341 e. The van der Waals surface area contributed by atoms with Crippen LogP contribution in [-0.2, 0) is 0 Å². The van der Waals surface area contributed by atoms with Crippen LogP contribution in [0.5, 0.6) is 0 Å². The lowest BCUT2D eigenvalue weighted by Crippen LogP contribution is -2.00. The minimum atomic E-state index is -1.18. The molecular formula is C11H7FINO3. The summed E-state index contributed by atoms with van der Waals surface area (Å²) in [5, 5.41) is 12.6. The van der Waals surface area contributed by atoms with E-state index in [1.54, 1.807) is 6.07 Å². The highest BCUT2D eigenvalue weighted by molar-refractivity contribution is 14.1. The minimum Gasteiger partial charge on any atom is -0.477 e. The molecule has 1 N–H and O–H groups in total. The van der Waals surface area contributed by atoms with Gasteiger partial charge in [0.25, 0.3) is 0 Å². The van der Waals surface area contributed by atoms with Gasteiger partial charge in [0.15, 0.2) is 0 Å². The first-order chi connectivity index (χ1) is 8.00. The molecule has 1 aromatic heterocycles. The van der Waals surface area contributed by atoms with Crippen LogP contribution in [0.25, 0.3) is 11.3 Å². The standard InChI is InChI=1S/C11H7FINO3/c1-5-9(11(15)16)10(14-17-5)7-4-6(13)2-3-8(7)12/h2-4H,1H3,(H,15,16). The third kappa shape index (κ3) is 2.17. The number of carboxylic acid groups (broad SMARTS) is 1. The SMILES string of the molecule is Cc1onc(-c2cc(I)ccc2F)c1C(=O)O. The summed E-state index contributed by atoms with van der Waals surface area (Å²) in [6, 6.07) is 4.39. The Labute approximate surface area is 110 Å². The number of halogens is 2. The van der Waals surface area contributed by atoms with Gasteiger partial charge in [0, 0.05) is 9.13 Å². The Bertz CT molecular complexity index is 594. The van der Waals surface area contributed by atoms with Gasteiger partial charge in [0.1, 0.15) is 22.8 Å². The van der Waals surface area contributed by atoms with Crippen molar-refractivity contribution in [1.29, 1.82) is 0 Å².